The zero-order chi connectivity index (χ0) is 13.2. The topological polar surface area (TPSA) is 47.6 Å². The van der Waals surface area contributed by atoms with Crippen LogP contribution in [0.25, 0.3) is 0 Å². The fourth-order valence-electron chi connectivity index (χ4n) is 1.34. The van der Waals surface area contributed by atoms with Gasteiger partial charge in [-0.25, -0.2) is 0 Å². The minimum Gasteiger partial charge on any atom is -0.395 e. The third-order valence-corrected chi connectivity index (χ3v) is 2.06. The zero-order valence-corrected chi connectivity index (χ0v) is 9.42. The van der Waals surface area contributed by atoms with Crippen LogP contribution in [0, 0.1) is 11.8 Å². The lowest BCUT2D eigenvalue weighted by molar-refractivity contribution is -0.286. The lowest BCUT2D eigenvalue weighted by Gasteiger charge is -2.04. The van der Waals surface area contributed by atoms with E-state index in [1.54, 1.807) is 0 Å². The van der Waals surface area contributed by atoms with E-state index in [0.717, 1.165) is 0 Å². The molecule has 0 fully saturated rings. The lowest BCUT2D eigenvalue weighted by atomic mass is 10.2. The summed E-state index contributed by atoms with van der Waals surface area (Å²) in [6, 6.07) is 4.25. The van der Waals surface area contributed by atoms with Gasteiger partial charge in [0.2, 0.25) is 5.91 Å². The second kappa shape index (κ2) is 4.53. The van der Waals surface area contributed by atoms with Crippen molar-refractivity contribution in [1.82, 2.24) is 5.32 Å². The largest absolute Gasteiger partial charge is 0.586 e. The van der Waals surface area contributed by atoms with Crippen LogP contribution in [0.2, 0.25) is 0 Å². The standard InChI is InChI=1S/C12H9F2NO3/c1-8(16)15-6-2-3-9-4-5-10-11(7-9)18-12(13,14)17-10/h4-5,7H,6H2,1H3,(H,15,16). The molecule has 1 aliphatic rings. The number of nitrogens with one attached hydrogen (secondary N) is 1. The number of alkyl halides is 2. The van der Waals surface area contributed by atoms with Gasteiger partial charge in [0, 0.05) is 18.6 Å². The molecule has 0 radical (unpaired) electrons. The van der Waals surface area contributed by atoms with Crippen molar-refractivity contribution in [3.8, 4) is 23.3 Å². The third-order valence-electron chi connectivity index (χ3n) is 2.06. The molecular formula is C12H9F2NO3. The molecule has 0 aromatic heterocycles. The SMILES string of the molecule is CC(=O)NCC#Cc1ccc2c(c1)OC(F)(F)O2. The van der Waals surface area contributed by atoms with E-state index in [-0.39, 0.29) is 24.0 Å². The first kappa shape index (κ1) is 12.2. The van der Waals surface area contributed by atoms with Crippen molar-refractivity contribution in [1.29, 1.82) is 0 Å². The van der Waals surface area contributed by atoms with Crippen molar-refractivity contribution in [3.63, 3.8) is 0 Å². The van der Waals surface area contributed by atoms with Gasteiger partial charge in [0.05, 0.1) is 6.54 Å². The molecule has 1 N–H and O–H groups in total. The van der Waals surface area contributed by atoms with Crippen LogP contribution in [0.5, 0.6) is 11.5 Å². The predicted octanol–water partition coefficient (Wildman–Crippen LogP) is 1.50. The van der Waals surface area contributed by atoms with Gasteiger partial charge in [-0.3, -0.25) is 4.79 Å². The minimum atomic E-state index is -3.62. The predicted molar refractivity (Wildman–Crippen MR) is 58.2 cm³/mol. The van der Waals surface area contributed by atoms with E-state index in [0.29, 0.717) is 5.56 Å². The molecule has 1 aliphatic heterocycles. The monoisotopic (exact) mass is 253 g/mol. The molecule has 1 heterocycles. The van der Waals surface area contributed by atoms with Crippen LogP contribution < -0.4 is 14.8 Å². The highest BCUT2D eigenvalue weighted by molar-refractivity contribution is 5.73. The van der Waals surface area contributed by atoms with Gasteiger partial charge < -0.3 is 14.8 Å². The van der Waals surface area contributed by atoms with Crippen LogP contribution in [0.3, 0.4) is 0 Å². The smallest absolute Gasteiger partial charge is 0.395 e. The fourth-order valence-corrected chi connectivity index (χ4v) is 1.34. The Morgan fingerprint density at radius 1 is 1.39 bits per heavy atom. The van der Waals surface area contributed by atoms with Gasteiger partial charge in [-0.1, -0.05) is 11.8 Å². The molecule has 1 aromatic rings. The maximum Gasteiger partial charge on any atom is 0.586 e. The average Bonchev–Trinajstić information content (AvgIpc) is 2.57. The van der Waals surface area contributed by atoms with Crippen LogP contribution in [0.4, 0.5) is 8.78 Å². The summed E-state index contributed by atoms with van der Waals surface area (Å²) in [5, 5.41) is 2.49. The molecule has 2 rings (SSSR count). The van der Waals surface area contributed by atoms with Crippen molar-refractivity contribution >= 4 is 5.91 Å². The average molecular weight is 253 g/mol. The number of carbonyl (C=O) groups is 1. The molecule has 18 heavy (non-hydrogen) atoms. The van der Waals surface area contributed by atoms with E-state index in [2.05, 4.69) is 26.6 Å². The minimum absolute atomic E-state index is 0.0209. The number of ether oxygens (including phenoxy) is 2. The Labute approximate surface area is 102 Å². The number of halogens is 2. The number of amides is 1. The zero-order valence-electron chi connectivity index (χ0n) is 9.42. The summed E-state index contributed by atoms with van der Waals surface area (Å²) in [7, 11) is 0. The van der Waals surface area contributed by atoms with E-state index in [9.17, 15) is 13.6 Å². The van der Waals surface area contributed by atoms with Gasteiger partial charge in [-0.05, 0) is 12.1 Å². The number of hydrogen-bond donors (Lipinski definition) is 1. The van der Waals surface area contributed by atoms with Crippen molar-refractivity contribution in [3.05, 3.63) is 23.8 Å². The third kappa shape index (κ3) is 2.88. The fraction of sp³-hybridized carbons (Fsp3) is 0.250. The number of carbonyl (C=O) groups excluding carboxylic acids is 1. The molecule has 1 aromatic carbocycles. The summed E-state index contributed by atoms with van der Waals surface area (Å²) < 4.78 is 34.0. The van der Waals surface area contributed by atoms with Gasteiger partial charge in [-0.2, -0.15) is 0 Å². The normalized spacial score (nSPS) is 14.6. The van der Waals surface area contributed by atoms with Crippen LogP contribution in [0.15, 0.2) is 18.2 Å². The van der Waals surface area contributed by atoms with E-state index in [1.807, 2.05) is 0 Å². The molecule has 6 heteroatoms. The maximum absolute atomic E-state index is 12.7. The van der Waals surface area contributed by atoms with Gasteiger partial charge in [0.1, 0.15) is 0 Å². The molecule has 0 spiro atoms. The molecule has 0 saturated carbocycles. The van der Waals surface area contributed by atoms with E-state index < -0.39 is 6.29 Å². The van der Waals surface area contributed by atoms with Crippen molar-refractivity contribution in [2.45, 2.75) is 13.2 Å². The van der Waals surface area contributed by atoms with Gasteiger partial charge in [0.15, 0.2) is 11.5 Å². The van der Waals surface area contributed by atoms with Gasteiger partial charge in [-0.15, -0.1) is 8.78 Å². The Bertz CT molecular complexity index is 546. The maximum atomic E-state index is 12.7. The molecule has 0 bridgehead atoms. The summed E-state index contributed by atoms with van der Waals surface area (Å²) >= 11 is 0. The van der Waals surface area contributed by atoms with Crippen molar-refractivity contribution < 1.29 is 23.0 Å². The molecular weight excluding hydrogens is 244 g/mol. The summed E-state index contributed by atoms with van der Waals surface area (Å²) in [6.07, 6.45) is -3.62. The lowest BCUT2D eigenvalue weighted by Crippen LogP contribution is -2.25. The van der Waals surface area contributed by atoms with Crippen molar-refractivity contribution in [2.75, 3.05) is 6.54 Å². The molecule has 0 aliphatic carbocycles. The highest BCUT2D eigenvalue weighted by atomic mass is 19.3. The second-order valence-corrected chi connectivity index (χ2v) is 3.54. The first-order chi connectivity index (χ1) is 8.46. The molecule has 0 atom stereocenters. The number of rotatable bonds is 1. The van der Waals surface area contributed by atoms with Crippen LogP contribution in [-0.2, 0) is 4.79 Å². The molecule has 0 saturated heterocycles. The molecule has 1 amide bonds. The van der Waals surface area contributed by atoms with Crippen LogP contribution >= 0.6 is 0 Å². The summed E-state index contributed by atoms with van der Waals surface area (Å²) in [4.78, 5) is 10.6. The molecule has 4 nitrogen and oxygen atoms in total. The number of hydrogen-bond acceptors (Lipinski definition) is 3. The van der Waals surface area contributed by atoms with E-state index in [1.165, 1.54) is 25.1 Å². The van der Waals surface area contributed by atoms with Crippen molar-refractivity contribution in [2.24, 2.45) is 0 Å². The first-order valence-corrected chi connectivity index (χ1v) is 5.09. The Kier molecular flexibility index (Phi) is 3.06. The van der Waals surface area contributed by atoms with Gasteiger partial charge >= 0.3 is 6.29 Å². The highest BCUT2D eigenvalue weighted by Gasteiger charge is 2.43. The summed E-state index contributed by atoms with van der Waals surface area (Å²) in [5.41, 5.74) is 0.500. The van der Waals surface area contributed by atoms with Gasteiger partial charge in [0.25, 0.3) is 0 Å². The quantitative estimate of drug-likeness (QED) is 0.771. The van der Waals surface area contributed by atoms with Crippen LogP contribution in [0.1, 0.15) is 12.5 Å². The Morgan fingerprint density at radius 2 is 2.11 bits per heavy atom. The Morgan fingerprint density at radius 3 is 2.83 bits per heavy atom. The van der Waals surface area contributed by atoms with E-state index >= 15 is 0 Å². The molecule has 94 valence electrons. The summed E-state index contributed by atoms with van der Waals surface area (Å²) in [6.45, 7) is 1.57. The highest BCUT2D eigenvalue weighted by Crippen LogP contribution is 2.40. The van der Waals surface area contributed by atoms with E-state index in [4.69, 9.17) is 0 Å². The Hall–Kier alpha value is -2.29. The number of fused-ring (bicyclic) bond motifs is 1. The second-order valence-electron chi connectivity index (χ2n) is 3.54. The van der Waals surface area contributed by atoms with Crippen LogP contribution in [-0.4, -0.2) is 18.7 Å². The first-order valence-electron chi connectivity index (χ1n) is 5.09. The summed E-state index contributed by atoms with van der Waals surface area (Å²) in [5.74, 6) is 5.13. The molecule has 0 unspecified atom stereocenters. The number of benzene rings is 1. The Balaban J connectivity index is 2.07.